The summed E-state index contributed by atoms with van der Waals surface area (Å²) in [6.07, 6.45) is 3.47. The van der Waals surface area contributed by atoms with Crippen LogP contribution in [0.3, 0.4) is 0 Å². The molecule has 10 heteroatoms. The number of anilines is 1. The molecule has 3 heterocycles. The van der Waals surface area contributed by atoms with Gasteiger partial charge in [0.25, 0.3) is 0 Å². The van der Waals surface area contributed by atoms with E-state index in [1.54, 1.807) is 13.8 Å². The van der Waals surface area contributed by atoms with Crippen LogP contribution in [-0.4, -0.2) is 33.6 Å². The summed E-state index contributed by atoms with van der Waals surface area (Å²) >= 11 is 14.0. The van der Waals surface area contributed by atoms with Crippen LogP contribution >= 0.6 is 34.5 Å². The van der Waals surface area contributed by atoms with Crippen molar-refractivity contribution >= 4 is 56.5 Å². The standard InChI is InChI=1S/C23H20Cl2N4O3S/c1-13(2)31-23(30)15-9-17(24)21(27-10-15)32-16-5-3-14(4-6-16)7-8-26-20-19-18(25)11-33-22(19)29-12-28-20/h3-6,9-13H,7-8H2,1-2H3,(H,26,28,29). The van der Waals surface area contributed by atoms with E-state index in [1.807, 2.05) is 29.6 Å². The van der Waals surface area contributed by atoms with Crippen molar-refractivity contribution in [1.82, 2.24) is 15.0 Å². The van der Waals surface area contributed by atoms with Gasteiger partial charge >= 0.3 is 5.97 Å². The molecule has 1 N–H and O–H groups in total. The maximum atomic E-state index is 12.0. The Hall–Kier alpha value is -2.94. The maximum Gasteiger partial charge on any atom is 0.340 e. The third-order valence-electron chi connectivity index (χ3n) is 4.56. The number of aromatic nitrogens is 3. The number of nitrogens with one attached hydrogen (secondary N) is 1. The lowest BCUT2D eigenvalue weighted by Gasteiger charge is -2.10. The minimum Gasteiger partial charge on any atom is -0.459 e. The molecule has 7 nitrogen and oxygen atoms in total. The van der Waals surface area contributed by atoms with Crippen LogP contribution in [0.15, 0.2) is 48.2 Å². The highest BCUT2D eigenvalue weighted by Gasteiger charge is 2.14. The number of benzene rings is 1. The number of esters is 1. The molecule has 0 spiro atoms. The fraction of sp³-hybridized carbons (Fsp3) is 0.217. The number of halogens is 2. The zero-order chi connectivity index (χ0) is 23.4. The van der Waals surface area contributed by atoms with Crippen molar-refractivity contribution in [3.63, 3.8) is 0 Å². The quantitative estimate of drug-likeness (QED) is 0.278. The van der Waals surface area contributed by atoms with Gasteiger partial charge < -0.3 is 14.8 Å². The molecule has 0 radical (unpaired) electrons. The first-order valence-electron chi connectivity index (χ1n) is 10.2. The number of ether oxygens (including phenoxy) is 2. The van der Waals surface area contributed by atoms with Gasteiger partial charge in [0.15, 0.2) is 0 Å². The molecule has 0 saturated carbocycles. The predicted molar refractivity (Wildman–Crippen MR) is 131 cm³/mol. The lowest BCUT2D eigenvalue weighted by Crippen LogP contribution is -2.12. The number of hydrogen-bond acceptors (Lipinski definition) is 8. The summed E-state index contributed by atoms with van der Waals surface area (Å²) in [4.78, 5) is 25.5. The topological polar surface area (TPSA) is 86.2 Å². The molecule has 3 aromatic heterocycles. The van der Waals surface area contributed by atoms with E-state index in [2.05, 4.69) is 20.3 Å². The van der Waals surface area contributed by atoms with Gasteiger partial charge in [-0.25, -0.2) is 19.7 Å². The average Bonchev–Trinajstić information content (AvgIpc) is 3.17. The highest BCUT2D eigenvalue weighted by atomic mass is 35.5. The molecule has 0 fully saturated rings. The van der Waals surface area contributed by atoms with Gasteiger partial charge in [0, 0.05) is 18.1 Å². The molecule has 0 atom stereocenters. The minimum atomic E-state index is -0.479. The molecule has 4 rings (SSSR count). The zero-order valence-corrected chi connectivity index (χ0v) is 20.2. The third kappa shape index (κ3) is 5.71. The van der Waals surface area contributed by atoms with E-state index >= 15 is 0 Å². The molecule has 4 aromatic rings. The molecule has 33 heavy (non-hydrogen) atoms. The summed E-state index contributed by atoms with van der Waals surface area (Å²) in [7, 11) is 0. The first-order valence-corrected chi connectivity index (χ1v) is 11.8. The SMILES string of the molecule is CC(C)OC(=O)c1cnc(Oc2ccc(CCNc3ncnc4scc(Cl)c34)cc2)c(Cl)c1. The largest absolute Gasteiger partial charge is 0.459 e. The second kappa shape index (κ2) is 10.3. The summed E-state index contributed by atoms with van der Waals surface area (Å²) in [5, 5.41) is 6.91. The van der Waals surface area contributed by atoms with Crippen LogP contribution in [-0.2, 0) is 11.2 Å². The van der Waals surface area contributed by atoms with Crippen molar-refractivity contribution in [2.45, 2.75) is 26.4 Å². The first kappa shape index (κ1) is 23.2. The summed E-state index contributed by atoms with van der Waals surface area (Å²) in [6, 6.07) is 9.09. The van der Waals surface area contributed by atoms with Crippen LogP contribution in [0.4, 0.5) is 5.82 Å². The number of pyridine rings is 1. The number of fused-ring (bicyclic) bond motifs is 1. The smallest absolute Gasteiger partial charge is 0.340 e. The van der Waals surface area contributed by atoms with Gasteiger partial charge in [-0.15, -0.1) is 11.3 Å². The van der Waals surface area contributed by atoms with Crippen molar-refractivity contribution in [1.29, 1.82) is 0 Å². The van der Waals surface area contributed by atoms with Crippen LogP contribution in [0, 0.1) is 0 Å². The Bertz CT molecular complexity index is 1280. The van der Waals surface area contributed by atoms with E-state index < -0.39 is 5.97 Å². The number of nitrogens with zero attached hydrogens (tertiary/aromatic N) is 3. The van der Waals surface area contributed by atoms with Crippen molar-refractivity contribution in [3.8, 4) is 11.6 Å². The van der Waals surface area contributed by atoms with E-state index in [0.717, 1.165) is 28.0 Å². The van der Waals surface area contributed by atoms with Gasteiger partial charge in [0.1, 0.15) is 27.7 Å². The van der Waals surface area contributed by atoms with Crippen LogP contribution in [0.5, 0.6) is 11.6 Å². The van der Waals surface area contributed by atoms with Crippen LogP contribution in [0.25, 0.3) is 10.2 Å². The number of rotatable bonds is 8. The van der Waals surface area contributed by atoms with Gasteiger partial charge in [0.05, 0.1) is 22.1 Å². The van der Waals surface area contributed by atoms with E-state index in [0.29, 0.717) is 17.3 Å². The Morgan fingerprint density at radius 1 is 1.12 bits per heavy atom. The monoisotopic (exact) mass is 502 g/mol. The van der Waals surface area contributed by atoms with Crippen LogP contribution in [0.1, 0.15) is 29.8 Å². The summed E-state index contributed by atoms with van der Waals surface area (Å²) in [5.74, 6) is 1.05. The third-order valence-corrected chi connectivity index (χ3v) is 6.14. The van der Waals surface area contributed by atoms with E-state index in [1.165, 1.54) is 29.9 Å². The van der Waals surface area contributed by atoms with E-state index in [-0.39, 0.29) is 22.6 Å². The molecule has 0 saturated heterocycles. The number of carbonyl (C=O) groups is 1. The molecule has 0 unspecified atom stereocenters. The molecule has 1 aromatic carbocycles. The molecular weight excluding hydrogens is 483 g/mol. The first-order chi connectivity index (χ1) is 15.9. The maximum absolute atomic E-state index is 12.0. The predicted octanol–water partition coefficient (Wildman–Crippen LogP) is 6.41. The Balaban J connectivity index is 1.35. The number of thiophene rings is 1. The minimum absolute atomic E-state index is 0.215. The van der Waals surface area contributed by atoms with E-state index in [4.69, 9.17) is 32.7 Å². The fourth-order valence-corrected chi connectivity index (χ4v) is 4.37. The van der Waals surface area contributed by atoms with Gasteiger partial charge in [0.2, 0.25) is 5.88 Å². The number of carbonyl (C=O) groups excluding carboxylic acids is 1. The molecular formula is C23H20Cl2N4O3S. The van der Waals surface area contributed by atoms with Crippen molar-refractivity contribution < 1.29 is 14.3 Å². The second-order valence-electron chi connectivity index (χ2n) is 7.37. The fourth-order valence-electron chi connectivity index (χ4n) is 3.03. The Morgan fingerprint density at radius 3 is 2.64 bits per heavy atom. The molecule has 0 aliphatic rings. The average molecular weight is 503 g/mol. The molecule has 0 aliphatic carbocycles. The molecule has 170 valence electrons. The van der Waals surface area contributed by atoms with Gasteiger partial charge in [-0.2, -0.15) is 0 Å². The van der Waals surface area contributed by atoms with Crippen molar-refractivity contribution in [2.75, 3.05) is 11.9 Å². The van der Waals surface area contributed by atoms with Gasteiger partial charge in [-0.05, 0) is 44.0 Å². The Kier molecular flexibility index (Phi) is 7.27. The highest BCUT2D eigenvalue weighted by molar-refractivity contribution is 7.17. The Morgan fingerprint density at radius 2 is 1.91 bits per heavy atom. The summed E-state index contributed by atoms with van der Waals surface area (Å²) in [5.41, 5.74) is 1.39. The summed E-state index contributed by atoms with van der Waals surface area (Å²) in [6.45, 7) is 4.23. The van der Waals surface area contributed by atoms with Crippen molar-refractivity contribution in [2.24, 2.45) is 0 Å². The summed E-state index contributed by atoms with van der Waals surface area (Å²) < 4.78 is 10.9. The van der Waals surface area contributed by atoms with Crippen LogP contribution < -0.4 is 10.1 Å². The van der Waals surface area contributed by atoms with Gasteiger partial charge in [-0.1, -0.05) is 35.3 Å². The Labute approximate surface area is 204 Å². The molecule has 0 amide bonds. The lowest BCUT2D eigenvalue weighted by atomic mass is 10.1. The normalized spacial score (nSPS) is 11.1. The van der Waals surface area contributed by atoms with Crippen molar-refractivity contribution in [3.05, 3.63) is 69.4 Å². The van der Waals surface area contributed by atoms with Gasteiger partial charge in [-0.3, -0.25) is 0 Å². The van der Waals surface area contributed by atoms with Crippen LogP contribution in [0.2, 0.25) is 10.0 Å². The second-order valence-corrected chi connectivity index (χ2v) is 9.05. The molecule has 0 bridgehead atoms. The van der Waals surface area contributed by atoms with E-state index in [9.17, 15) is 4.79 Å². The molecule has 0 aliphatic heterocycles. The highest BCUT2D eigenvalue weighted by Crippen LogP contribution is 2.32. The zero-order valence-electron chi connectivity index (χ0n) is 17.8. The number of hydrogen-bond donors (Lipinski definition) is 1. The lowest BCUT2D eigenvalue weighted by molar-refractivity contribution is 0.0377.